The summed E-state index contributed by atoms with van der Waals surface area (Å²) in [7, 11) is 0. The van der Waals surface area contributed by atoms with Crippen LogP contribution in [0.25, 0.3) is 0 Å². The van der Waals surface area contributed by atoms with Crippen LogP contribution in [0.4, 0.5) is 5.69 Å². The lowest BCUT2D eigenvalue weighted by molar-refractivity contribution is -0.385. The molecule has 2 N–H and O–H groups in total. The van der Waals surface area contributed by atoms with Crippen LogP contribution in [0, 0.1) is 16.0 Å². The van der Waals surface area contributed by atoms with Gasteiger partial charge in [0.05, 0.1) is 15.6 Å². The predicted octanol–water partition coefficient (Wildman–Crippen LogP) is 4.61. The number of phenolic OH excluding ortho intramolecular Hbond substituents is 1. The molecule has 0 heterocycles. The first-order valence-electron chi connectivity index (χ1n) is 9.18. The zero-order chi connectivity index (χ0) is 21.3. The van der Waals surface area contributed by atoms with Gasteiger partial charge in [-0.3, -0.25) is 14.9 Å². The second-order valence-corrected chi connectivity index (χ2v) is 9.03. The van der Waals surface area contributed by atoms with Crippen molar-refractivity contribution in [2.75, 3.05) is 0 Å². The van der Waals surface area contributed by atoms with Crippen molar-refractivity contribution >= 4 is 33.7 Å². The second kappa shape index (κ2) is 7.94. The molecule has 1 saturated carbocycles. The average molecular weight is 460 g/mol. The molecule has 0 aromatic heterocycles. The van der Waals surface area contributed by atoms with Crippen molar-refractivity contribution in [3.8, 4) is 5.75 Å². The van der Waals surface area contributed by atoms with Gasteiger partial charge in [-0.2, -0.15) is 5.10 Å². The number of phenols is 1. The molecule has 29 heavy (non-hydrogen) atoms. The van der Waals surface area contributed by atoms with Crippen LogP contribution in [0.1, 0.15) is 49.8 Å². The normalized spacial score (nSPS) is 18.6. The van der Waals surface area contributed by atoms with Crippen LogP contribution in [0.3, 0.4) is 0 Å². The van der Waals surface area contributed by atoms with Crippen LogP contribution in [-0.4, -0.2) is 22.2 Å². The summed E-state index contributed by atoms with van der Waals surface area (Å²) in [5.74, 6) is -0.385. The van der Waals surface area contributed by atoms with Gasteiger partial charge in [0.2, 0.25) is 5.91 Å². The molecule has 0 bridgehead atoms. The number of benzene rings is 2. The summed E-state index contributed by atoms with van der Waals surface area (Å²) in [6, 6.07) is 10.7. The number of hydrogen-bond donors (Lipinski definition) is 2. The van der Waals surface area contributed by atoms with Gasteiger partial charge in [0.15, 0.2) is 0 Å². The number of amides is 1. The van der Waals surface area contributed by atoms with Gasteiger partial charge in [0, 0.05) is 23.6 Å². The van der Waals surface area contributed by atoms with Crippen molar-refractivity contribution in [3.05, 3.63) is 67.7 Å². The van der Waals surface area contributed by atoms with Gasteiger partial charge in [-0.1, -0.05) is 45.0 Å². The van der Waals surface area contributed by atoms with Gasteiger partial charge >= 0.3 is 0 Å². The molecular formula is C21H22BrN3O4. The van der Waals surface area contributed by atoms with E-state index >= 15 is 0 Å². The van der Waals surface area contributed by atoms with Gasteiger partial charge in [-0.05, 0) is 44.8 Å². The molecule has 1 fully saturated rings. The summed E-state index contributed by atoms with van der Waals surface area (Å²) in [4.78, 5) is 22.7. The third kappa shape index (κ3) is 4.82. The van der Waals surface area contributed by atoms with E-state index in [1.165, 1.54) is 23.9 Å². The molecule has 8 heteroatoms. The van der Waals surface area contributed by atoms with Crippen molar-refractivity contribution in [2.24, 2.45) is 11.0 Å². The highest BCUT2D eigenvalue weighted by Crippen LogP contribution is 2.47. The van der Waals surface area contributed by atoms with Gasteiger partial charge in [0.1, 0.15) is 5.75 Å². The molecule has 152 valence electrons. The molecule has 0 spiro atoms. The van der Waals surface area contributed by atoms with Gasteiger partial charge in [0.25, 0.3) is 5.69 Å². The van der Waals surface area contributed by atoms with Gasteiger partial charge in [-0.15, -0.1) is 0 Å². The van der Waals surface area contributed by atoms with Crippen molar-refractivity contribution < 1.29 is 14.8 Å². The third-order valence-electron chi connectivity index (χ3n) is 5.00. The number of nitrogens with zero attached hydrogens (tertiary/aromatic N) is 2. The van der Waals surface area contributed by atoms with Crippen molar-refractivity contribution in [1.82, 2.24) is 5.43 Å². The number of carbonyl (C=O) groups excluding carboxylic acids is 1. The Labute approximate surface area is 177 Å². The highest BCUT2D eigenvalue weighted by molar-refractivity contribution is 9.10. The molecule has 2 aromatic carbocycles. The molecule has 0 saturated heterocycles. The molecule has 2 atom stereocenters. The molecule has 0 radical (unpaired) electrons. The Kier molecular flexibility index (Phi) is 5.75. The summed E-state index contributed by atoms with van der Waals surface area (Å²) >= 11 is 3.07. The Morgan fingerprint density at radius 1 is 1.31 bits per heavy atom. The maximum atomic E-state index is 12.3. The summed E-state index contributed by atoms with van der Waals surface area (Å²) in [5.41, 5.74) is 4.86. The molecule has 3 rings (SSSR count). The zero-order valence-corrected chi connectivity index (χ0v) is 17.9. The monoisotopic (exact) mass is 459 g/mol. The predicted molar refractivity (Wildman–Crippen MR) is 114 cm³/mol. The quantitative estimate of drug-likeness (QED) is 0.386. The largest absolute Gasteiger partial charge is 0.506 e. The minimum atomic E-state index is -0.570. The molecule has 2 aromatic rings. The highest BCUT2D eigenvalue weighted by atomic mass is 79.9. The van der Waals surface area contributed by atoms with E-state index in [9.17, 15) is 20.0 Å². The molecule has 7 nitrogen and oxygen atoms in total. The second-order valence-electron chi connectivity index (χ2n) is 8.18. The maximum Gasteiger partial charge on any atom is 0.271 e. The number of nitrogens with one attached hydrogen (secondary N) is 1. The summed E-state index contributed by atoms with van der Waals surface area (Å²) in [6.45, 7) is 6.47. The van der Waals surface area contributed by atoms with Crippen LogP contribution >= 0.6 is 15.9 Å². The Hall–Kier alpha value is -2.74. The van der Waals surface area contributed by atoms with E-state index in [-0.39, 0.29) is 44.6 Å². The van der Waals surface area contributed by atoms with Gasteiger partial charge in [-0.25, -0.2) is 5.43 Å². The Balaban J connectivity index is 1.62. The lowest BCUT2D eigenvalue weighted by Gasteiger charge is -2.19. The van der Waals surface area contributed by atoms with Gasteiger partial charge < -0.3 is 5.11 Å². The first-order valence-corrected chi connectivity index (χ1v) is 9.97. The molecule has 1 amide bonds. The Bertz CT molecular complexity index is 981. The van der Waals surface area contributed by atoms with Crippen LogP contribution in [0.15, 0.2) is 46.0 Å². The van der Waals surface area contributed by atoms with E-state index in [4.69, 9.17) is 0 Å². The van der Waals surface area contributed by atoms with Crippen molar-refractivity contribution in [1.29, 1.82) is 0 Å². The SMILES string of the molecule is CC(C)(C)c1ccc([C@@H]2C[C@H]2C(=O)N/N=C/c2cc([N+](=O)[O-])cc(Br)c2O)cc1. The van der Waals surface area contributed by atoms with Crippen LogP contribution < -0.4 is 5.43 Å². The molecule has 0 aliphatic heterocycles. The third-order valence-corrected chi connectivity index (χ3v) is 5.60. The summed E-state index contributed by atoms with van der Waals surface area (Å²) in [6.07, 6.45) is 1.95. The van der Waals surface area contributed by atoms with E-state index in [0.29, 0.717) is 0 Å². The van der Waals surface area contributed by atoms with Crippen LogP contribution in [0.5, 0.6) is 5.75 Å². The number of carbonyl (C=O) groups is 1. The first-order chi connectivity index (χ1) is 13.6. The van der Waals surface area contributed by atoms with Crippen molar-refractivity contribution in [3.63, 3.8) is 0 Å². The van der Waals surface area contributed by atoms with E-state index in [0.717, 1.165) is 12.0 Å². The van der Waals surface area contributed by atoms with E-state index in [1.807, 2.05) is 0 Å². The fourth-order valence-corrected chi connectivity index (χ4v) is 3.60. The number of rotatable bonds is 5. The molecular weight excluding hydrogens is 438 g/mol. The Morgan fingerprint density at radius 3 is 2.55 bits per heavy atom. The van der Waals surface area contributed by atoms with E-state index < -0.39 is 4.92 Å². The van der Waals surface area contributed by atoms with E-state index in [1.54, 1.807) is 0 Å². The number of hydrazone groups is 1. The Morgan fingerprint density at radius 2 is 1.97 bits per heavy atom. The molecule has 0 unspecified atom stereocenters. The van der Waals surface area contributed by atoms with E-state index in [2.05, 4.69) is 71.5 Å². The number of hydrogen-bond acceptors (Lipinski definition) is 5. The minimum Gasteiger partial charge on any atom is -0.506 e. The average Bonchev–Trinajstić information content (AvgIpc) is 3.45. The minimum absolute atomic E-state index is 0.0840. The fourth-order valence-electron chi connectivity index (χ4n) is 3.14. The first kappa shape index (κ1) is 21.0. The zero-order valence-electron chi connectivity index (χ0n) is 16.3. The summed E-state index contributed by atoms with van der Waals surface area (Å²) in [5, 5.41) is 24.8. The fraction of sp³-hybridized carbons (Fsp3) is 0.333. The number of non-ortho nitro benzene ring substituents is 1. The maximum absolute atomic E-state index is 12.3. The lowest BCUT2D eigenvalue weighted by atomic mass is 9.86. The van der Waals surface area contributed by atoms with Crippen molar-refractivity contribution in [2.45, 2.75) is 38.5 Å². The smallest absolute Gasteiger partial charge is 0.271 e. The summed E-state index contributed by atoms with van der Waals surface area (Å²) < 4.78 is 0.181. The number of aromatic hydroxyl groups is 1. The molecule has 1 aliphatic carbocycles. The number of nitro benzene ring substituents is 1. The standard InChI is InChI=1S/C21H22BrN3O4/c1-21(2,3)14-6-4-12(5-7-14)16-10-17(16)20(27)24-23-11-13-8-15(25(28)29)9-18(22)19(13)26/h4-9,11,16-17,26H,10H2,1-3H3,(H,24,27)/b23-11+/t16-,17+/m0/s1. The number of nitro groups is 1. The topological polar surface area (TPSA) is 105 Å². The molecule has 1 aliphatic rings. The lowest BCUT2D eigenvalue weighted by Crippen LogP contribution is -2.20. The van der Waals surface area contributed by atoms with Crippen LogP contribution in [0.2, 0.25) is 0 Å². The highest BCUT2D eigenvalue weighted by Gasteiger charge is 2.44. The van der Waals surface area contributed by atoms with Crippen LogP contribution in [-0.2, 0) is 10.2 Å². The number of halogens is 1.